The van der Waals surface area contributed by atoms with Gasteiger partial charge in [0, 0.05) is 25.6 Å². The summed E-state index contributed by atoms with van der Waals surface area (Å²) in [6, 6.07) is 10.4. The highest BCUT2D eigenvalue weighted by Gasteiger charge is 2.31. The third-order valence-electron chi connectivity index (χ3n) is 4.26. The lowest BCUT2D eigenvalue weighted by Crippen LogP contribution is -2.49. The molecule has 0 N–H and O–H groups in total. The number of amides is 1. The Morgan fingerprint density at radius 3 is 2.65 bits per heavy atom. The molecule has 0 saturated carbocycles. The van der Waals surface area contributed by atoms with Crippen LogP contribution in [-0.2, 0) is 0 Å². The van der Waals surface area contributed by atoms with Gasteiger partial charge in [0.05, 0.1) is 17.2 Å². The van der Waals surface area contributed by atoms with Crippen molar-refractivity contribution < 1.29 is 4.79 Å². The van der Waals surface area contributed by atoms with E-state index in [1.807, 2.05) is 23.1 Å². The molecule has 2 aromatic rings. The molecule has 0 aliphatic carbocycles. The van der Waals surface area contributed by atoms with E-state index in [2.05, 4.69) is 42.9 Å². The molecule has 1 atom stereocenters. The topological polar surface area (TPSA) is 36.4 Å². The molecular formula is C18H23N3OS. The van der Waals surface area contributed by atoms with Crippen molar-refractivity contribution in [3.8, 4) is 0 Å². The number of benzene rings is 1. The highest BCUT2D eigenvalue weighted by Crippen LogP contribution is 2.29. The van der Waals surface area contributed by atoms with Gasteiger partial charge in [0.25, 0.3) is 5.91 Å². The zero-order valence-electron chi connectivity index (χ0n) is 13.9. The van der Waals surface area contributed by atoms with E-state index in [4.69, 9.17) is 0 Å². The fraction of sp³-hybridized carbons (Fsp3) is 0.444. The Kier molecular flexibility index (Phi) is 4.78. The van der Waals surface area contributed by atoms with E-state index in [0.717, 1.165) is 29.5 Å². The quantitative estimate of drug-likeness (QED) is 0.866. The van der Waals surface area contributed by atoms with Gasteiger partial charge in [-0.05, 0) is 12.6 Å². The van der Waals surface area contributed by atoms with Crippen LogP contribution in [0.15, 0.2) is 36.5 Å². The average molecular weight is 329 g/mol. The molecule has 5 heteroatoms. The van der Waals surface area contributed by atoms with Crippen LogP contribution in [0, 0.1) is 0 Å². The van der Waals surface area contributed by atoms with Crippen LogP contribution in [0.3, 0.4) is 0 Å². The minimum atomic E-state index is 0.104. The zero-order valence-corrected chi connectivity index (χ0v) is 14.7. The maximum Gasteiger partial charge on any atom is 0.266 e. The number of hydrogen-bond acceptors (Lipinski definition) is 4. The number of nitrogens with zero attached hydrogens (tertiary/aromatic N) is 3. The second-order valence-corrected chi connectivity index (χ2v) is 7.47. The van der Waals surface area contributed by atoms with Crippen molar-refractivity contribution in [2.24, 2.45) is 0 Å². The summed E-state index contributed by atoms with van der Waals surface area (Å²) in [5.74, 6) is 0.468. The van der Waals surface area contributed by atoms with Gasteiger partial charge in [0.15, 0.2) is 0 Å². The van der Waals surface area contributed by atoms with Crippen molar-refractivity contribution in [1.82, 2.24) is 14.8 Å². The second kappa shape index (κ2) is 6.81. The van der Waals surface area contributed by atoms with Crippen LogP contribution in [0.25, 0.3) is 0 Å². The standard InChI is InChI=1S/C18H23N3OS/c1-13(2)17-19-11-16(23-17)18(22)21-10-9-20(3)12-15(21)14-7-5-4-6-8-14/h4-8,11,13,15H,9-10,12H2,1-3H3. The van der Waals surface area contributed by atoms with E-state index in [9.17, 15) is 4.79 Å². The molecule has 1 saturated heterocycles. The number of aromatic nitrogens is 1. The molecule has 1 fully saturated rings. The van der Waals surface area contributed by atoms with Crippen molar-refractivity contribution in [1.29, 1.82) is 0 Å². The molecule has 1 amide bonds. The first-order chi connectivity index (χ1) is 11.1. The lowest BCUT2D eigenvalue weighted by Gasteiger charge is -2.40. The number of carbonyl (C=O) groups is 1. The van der Waals surface area contributed by atoms with Crippen LogP contribution in [0.2, 0.25) is 0 Å². The van der Waals surface area contributed by atoms with Gasteiger partial charge in [0.1, 0.15) is 4.88 Å². The van der Waals surface area contributed by atoms with Gasteiger partial charge in [-0.1, -0.05) is 44.2 Å². The minimum absolute atomic E-state index is 0.104. The largest absolute Gasteiger partial charge is 0.328 e. The highest BCUT2D eigenvalue weighted by atomic mass is 32.1. The molecule has 1 unspecified atom stereocenters. The predicted octanol–water partition coefficient (Wildman–Crippen LogP) is 3.40. The molecule has 122 valence electrons. The molecule has 23 heavy (non-hydrogen) atoms. The summed E-state index contributed by atoms with van der Waals surface area (Å²) >= 11 is 1.52. The van der Waals surface area contributed by atoms with Gasteiger partial charge >= 0.3 is 0 Å². The first-order valence-corrected chi connectivity index (χ1v) is 8.88. The smallest absolute Gasteiger partial charge is 0.266 e. The van der Waals surface area contributed by atoms with Crippen LogP contribution >= 0.6 is 11.3 Å². The van der Waals surface area contributed by atoms with Gasteiger partial charge in [-0.15, -0.1) is 11.3 Å². The van der Waals surface area contributed by atoms with E-state index < -0.39 is 0 Å². The molecular weight excluding hydrogens is 306 g/mol. The maximum absolute atomic E-state index is 13.0. The second-order valence-electron chi connectivity index (χ2n) is 6.40. The van der Waals surface area contributed by atoms with Crippen LogP contribution in [-0.4, -0.2) is 47.4 Å². The first kappa shape index (κ1) is 16.1. The molecule has 1 aliphatic rings. The monoisotopic (exact) mass is 329 g/mol. The van der Waals surface area contributed by atoms with Crippen molar-refractivity contribution in [3.05, 3.63) is 52.0 Å². The maximum atomic E-state index is 13.0. The minimum Gasteiger partial charge on any atom is -0.328 e. The van der Waals surface area contributed by atoms with Crippen LogP contribution < -0.4 is 0 Å². The summed E-state index contributed by atoms with van der Waals surface area (Å²) in [5.41, 5.74) is 1.20. The molecule has 0 spiro atoms. The normalized spacial score (nSPS) is 19.3. The Morgan fingerprint density at radius 2 is 2.00 bits per heavy atom. The van der Waals surface area contributed by atoms with Gasteiger partial charge in [-0.25, -0.2) is 4.98 Å². The lowest BCUT2D eigenvalue weighted by atomic mass is 10.0. The molecule has 1 aromatic carbocycles. The summed E-state index contributed by atoms with van der Waals surface area (Å²) in [6.07, 6.45) is 1.74. The van der Waals surface area contributed by atoms with E-state index in [1.165, 1.54) is 16.9 Å². The summed E-state index contributed by atoms with van der Waals surface area (Å²) in [4.78, 5) is 22.5. The lowest BCUT2D eigenvalue weighted by molar-refractivity contribution is 0.0502. The summed E-state index contributed by atoms with van der Waals surface area (Å²) < 4.78 is 0. The highest BCUT2D eigenvalue weighted by molar-refractivity contribution is 7.13. The van der Waals surface area contributed by atoms with Gasteiger partial charge in [-0.3, -0.25) is 4.79 Å². The summed E-state index contributed by atoms with van der Waals surface area (Å²) in [6.45, 7) is 6.74. The fourth-order valence-electron chi connectivity index (χ4n) is 2.92. The molecule has 1 aromatic heterocycles. The van der Waals surface area contributed by atoms with Gasteiger partial charge < -0.3 is 9.80 Å². The fourth-order valence-corrected chi connectivity index (χ4v) is 3.79. The third kappa shape index (κ3) is 3.46. The Morgan fingerprint density at radius 1 is 1.26 bits per heavy atom. The van der Waals surface area contributed by atoms with Crippen LogP contribution in [0.1, 0.15) is 46.0 Å². The average Bonchev–Trinajstić information content (AvgIpc) is 3.05. The van der Waals surface area contributed by atoms with Gasteiger partial charge in [-0.2, -0.15) is 0 Å². The Bertz CT molecular complexity index is 668. The van der Waals surface area contributed by atoms with E-state index in [0.29, 0.717) is 5.92 Å². The van der Waals surface area contributed by atoms with E-state index >= 15 is 0 Å². The van der Waals surface area contributed by atoms with Crippen molar-refractivity contribution in [3.63, 3.8) is 0 Å². The van der Waals surface area contributed by atoms with Crippen molar-refractivity contribution >= 4 is 17.2 Å². The molecule has 3 rings (SSSR count). The molecule has 1 aliphatic heterocycles. The summed E-state index contributed by atoms with van der Waals surface area (Å²) in [7, 11) is 2.11. The van der Waals surface area contributed by atoms with Crippen LogP contribution in [0.4, 0.5) is 0 Å². The first-order valence-electron chi connectivity index (χ1n) is 8.06. The molecule has 4 nitrogen and oxygen atoms in total. The van der Waals surface area contributed by atoms with E-state index in [-0.39, 0.29) is 11.9 Å². The number of carbonyl (C=O) groups excluding carboxylic acids is 1. The zero-order chi connectivity index (χ0) is 16.4. The van der Waals surface area contributed by atoms with E-state index in [1.54, 1.807) is 6.20 Å². The molecule has 2 heterocycles. The van der Waals surface area contributed by atoms with Crippen LogP contribution in [0.5, 0.6) is 0 Å². The molecule has 0 radical (unpaired) electrons. The van der Waals surface area contributed by atoms with Gasteiger partial charge in [0.2, 0.25) is 0 Å². The SMILES string of the molecule is CC(C)c1ncc(C(=O)N2CCN(C)CC2c2ccccc2)s1. The number of rotatable bonds is 3. The van der Waals surface area contributed by atoms with Crippen molar-refractivity contribution in [2.75, 3.05) is 26.7 Å². The Balaban J connectivity index is 1.87. The number of hydrogen-bond donors (Lipinski definition) is 0. The molecule has 0 bridgehead atoms. The third-order valence-corrected chi connectivity index (χ3v) is 5.54. The number of thiazole rings is 1. The number of piperazine rings is 1. The number of likely N-dealkylation sites (N-methyl/N-ethyl adjacent to an activating group) is 1. The summed E-state index contributed by atoms with van der Waals surface area (Å²) in [5, 5.41) is 1.03. The Hall–Kier alpha value is -1.72. The van der Waals surface area contributed by atoms with Crippen molar-refractivity contribution in [2.45, 2.75) is 25.8 Å². The predicted molar refractivity (Wildman–Crippen MR) is 93.9 cm³/mol. The Labute approximate surface area is 141 Å².